The number of ether oxygens (including phenoxy) is 1. The van der Waals surface area contributed by atoms with Crippen molar-refractivity contribution in [2.75, 3.05) is 6.61 Å². The molecule has 2 heteroatoms. The fraction of sp³-hybridized carbons (Fsp3) is 0.833. The molecule has 0 saturated heterocycles. The summed E-state index contributed by atoms with van der Waals surface area (Å²) in [6, 6.07) is 0. The van der Waals surface area contributed by atoms with Gasteiger partial charge in [0, 0.05) is 5.57 Å². The van der Waals surface area contributed by atoms with Gasteiger partial charge in [0.1, 0.15) is 0 Å². The van der Waals surface area contributed by atoms with E-state index in [0.29, 0.717) is 12.0 Å². The molecule has 0 aromatic heterocycles. The molecule has 114 valence electrons. The molecule has 20 heavy (non-hydrogen) atoms. The third-order valence-electron chi connectivity index (χ3n) is 6.16. The molecule has 0 aromatic carbocycles. The summed E-state index contributed by atoms with van der Waals surface area (Å²) in [4.78, 5) is 11.9. The minimum Gasteiger partial charge on any atom is -0.463 e. The van der Waals surface area contributed by atoms with E-state index in [9.17, 15) is 4.79 Å². The highest BCUT2D eigenvalue weighted by Crippen LogP contribution is 2.54. The SMILES string of the molecule is CCOC(=O)/C(C)=C1/CC[C@H]2CC[C@H](C)C(C)(C)[C@@H]2C1. The molecular formula is C18H30O2. The second-order valence-electron chi connectivity index (χ2n) is 7.36. The van der Waals surface area contributed by atoms with E-state index >= 15 is 0 Å². The highest BCUT2D eigenvalue weighted by atomic mass is 16.5. The zero-order valence-electron chi connectivity index (χ0n) is 13.8. The highest BCUT2D eigenvalue weighted by molar-refractivity contribution is 5.88. The highest BCUT2D eigenvalue weighted by Gasteiger charge is 2.45. The lowest BCUT2D eigenvalue weighted by Crippen LogP contribution is -2.42. The van der Waals surface area contributed by atoms with Gasteiger partial charge >= 0.3 is 5.97 Å². The van der Waals surface area contributed by atoms with Crippen LogP contribution in [0.4, 0.5) is 0 Å². The molecular weight excluding hydrogens is 248 g/mol. The minimum atomic E-state index is -0.109. The fourth-order valence-electron chi connectivity index (χ4n) is 4.24. The molecule has 0 amide bonds. The fourth-order valence-corrected chi connectivity index (χ4v) is 4.24. The van der Waals surface area contributed by atoms with Crippen molar-refractivity contribution < 1.29 is 9.53 Å². The molecule has 0 N–H and O–H groups in total. The van der Waals surface area contributed by atoms with E-state index in [-0.39, 0.29) is 5.97 Å². The second-order valence-corrected chi connectivity index (χ2v) is 7.36. The normalized spacial score (nSPS) is 35.1. The lowest BCUT2D eigenvalue weighted by molar-refractivity contribution is -0.138. The standard InChI is InChI=1S/C18H30O2/c1-6-20-17(19)13(3)15-10-9-14-8-7-12(2)18(4,5)16(14)11-15/h12,14,16H,6-11H2,1-5H3/b15-13-/t12-,14+,16+/m0/s1. The van der Waals surface area contributed by atoms with Crippen LogP contribution in [0.15, 0.2) is 11.1 Å². The van der Waals surface area contributed by atoms with Crippen molar-refractivity contribution in [2.45, 2.75) is 66.7 Å². The van der Waals surface area contributed by atoms with Crippen molar-refractivity contribution >= 4 is 5.97 Å². The van der Waals surface area contributed by atoms with Crippen LogP contribution >= 0.6 is 0 Å². The van der Waals surface area contributed by atoms with Crippen LogP contribution in [0.2, 0.25) is 0 Å². The average molecular weight is 278 g/mol. The van der Waals surface area contributed by atoms with Crippen molar-refractivity contribution in [3.63, 3.8) is 0 Å². The van der Waals surface area contributed by atoms with Gasteiger partial charge in [0.05, 0.1) is 6.61 Å². The van der Waals surface area contributed by atoms with Crippen LogP contribution in [0.1, 0.15) is 66.7 Å². The molecule has 0 heterocycles. The molecule has 0 aromatic rings. The first kappa shape index (κ1) is 15.6. The van der Waals surface area contributed by atoms with Gasteiger partial charge in [-0.15, -0.1) is 0 Å². The Morgan fingerprint density at radius 2 is 2.00 bits per heavy atom. The maximum Gasteiger partial charge on any atom is 0.333 e. The average Bonchev–Trinajstić information content (AvgIpc) is 2.42. The predicted octanol–water partition coefficient (Wildman–Crippen LogP) is 4.74. The predicted molar refractivity (Wildman–Crippen MR) is 82.3 cm³/mol. The van der Waals surface area contributed by atoms with E-state index in [0.717, 1.165) is 36.2 Å². The van der Waals surface area contributed by atoms with E-state index < -0.39 is 0 Å². The number of hydrogen-bond donors (Lipinski definition) is 0. The number of rotatable bonds is 2. The molecule has 2 fully saturated rings. The summed E-state index contributed by atoms with van der Waals surface area (Å²) < 4.78 is 5.17. The smallest absolute Gasteiger partial charge is 0.333 e. The van der Waals surface area contributed by atoms with Crippen LogP contribution in [0, 0.1) is 23.2 Å². The first-order valence-corrected chi connectivity index (χ1v) is 8.23. The van der Waals surface area contributed by atoms with Gasteiger partial charge in [-0.05, 0) is 69.1 Å². The van der Waals surface area contributed by atoms with Gasteiger partial charge in [-0.2, -0.15) is 0 Å². The zero-order chi connectivity index (χ0) is 14.9. The summed E-state index contributed by atoms with van der Waals surface area (Å²) in [5.74, 6) is 2.27. The molecule has 0 bridgehead atoms. The molecule has 2 aliphatic rings. The van der Waals surface area contributed by atoms with Crippen LogP contribution in [0.5, 0.6) is 0 Å². The molecule has 0 spiro atoms. The molecule has 2 rings (SSSR count). The number of esters is 1. The molecule has 2 aliphatic carbocycles. The summed E-state index contributed by atoms with van der Waals surface area (Å²) in [7, 11) is 0. The number of fused-ring (bicyclic) bond motifs is 1. The zero-order valence-corrected chi connectivity index (χ0v) is 13.8. The monoisotopic (exact) mass is 278 g/mol. The Balaban J connectivity index is 2.19. The lowest BCUT2D eigenvalue weighted by Gasteiger charge is -2.51. The Kier molecular flexibility index (Phi) is 4.61. The Morgan fingerprint density at radius 3 is 2.65 bits per heavy atom. The van der Waals surface area contributed by atoms with Crippen LogP contribution < -0.4 is 0 Å². The Bertz CT molecular complexity index is 406. The second kappa shape index (κ2) is 5.91. The topological polar surface area (TPSA) is 26.3 Å². The third kappa shape index (κ3) is 2.80. The van der Waals surface area contributed by atoms with E-state index in [1.165, 1.54) is 24.8 Å². The lowest BCUT2D eigenvalue weighted by atomic mass is 9.54. The van der Waals surface area contributed by atoms with E-state index in [2.05, 4.69) is 20.8 Å². The Hall–Kier alpha value is -0.790. The van der Waals surface area contributed by atoms with Crippen LogP contribution in [-0.4, -0.2) is 12.6 Å². The molecule has 2 nitrogen and oxygen atoms in total. The molecule has 2 saturated carbocycles. The van der Waals surface area contributed by atoms with Gasteiger partial charge in [0.25, 0.3) is 0 Å². The maximum absolute atomic E-state index is 11.9. The largest absolute Gasteiger partial charge is 0.463 e. The van der Waals surface area contributed by atoms with Gasteiger partial charge < -0.3 is 4.74 Å². The number of allylic oxidation sites excluding steroid dienone is 1. The van der Waals surface area contributed by atoms with Gasteiger partial charge in [0.2, 0.25) is 0 Å². The number of carbonyl (C=O) groups excluding carboxylic acids is 1. The van der Waals surface area contributed by atoms with Crippen LogP contribution in [0.25, 0.3) is 0 Å². The van der Waals surface area contributed by atoms with Crippen molar-refractivity contribution in [1.82, 2.24) is 0 Å². The number of hydrogen-bond acceptors (Lipinski definition) is 2. The van der Waals surface area contributed by atoms with Gasteiger partial charge in [-0.1, -0.05) is 26.3 Å². The van der Waals surface area contributed by atoms with Crippen LogP contribution in [-0.2, 0) is 9.53 Å². The maximum atomic E-state index is 11.9. The first-order chi connectivity index (χ1) is 9.37. The van der Waals surface area contributed by atoms with Crippen molar-refractivity contribution in [3.8, 4) is 0 Å². The van der Waals surface area contributed by atoms with Gasteiger partial charge in [-0.3, -0.25) is 0 Å². The van der Waals surface area contributed by atoms with Gasteiger partial charge in [-0.25, -0.2) is 4.79 Å². The molecule has 0 aliphatic heterocycles. The summed E-state index contributed by atoms with van der Waals surface area (Å²) in [5, 5.41) is 0. The van der Waals surface area contributed by atoms with Crippen molar-refractivity contribution in [3.05, 3.63) is 11.1 Å². The molecule has 3 atom stereocenters. The van der Waals surface area contributed by atoms with E-state index in [1.807, 2.05) is 13.8 Å². The van der Waals surface area contributed by atoms with Crippen molar-refractivity contribution in [1.29, 1.82) is 0 Å². The quantitative estimate of drug-likeness (QED) is 0.539. The summed E-state index contributed by atoms with van der Waals surface area (Å²) in [6.45, 7) is 11.5. The van der Waals surface area contributed by atoms with Gasteiger partial charge in [0.15, 0.2) is 0 Å². The van der Waals surface area contributed by atoms with E-state index in [4.69, 9.17) is 4.74 Å². The Morgan fingerprint density at radius 1 is 1.30 bits per heavy atom. The third-order valence-corrected chi connectivity index (χ3v) is 6.16. The Labute approximate surface area is 124 Å². The molecule has 0 radical (unpaired) electrons. The van der Waals surface area contributed by atoms with Crippen LogP contribution in [0.3, 0.4) is 0 Å². The summed E-state index contributed by atoms with van der Waals surface area (Å²) in [5.41, 5.74) is 2.62. The summed E-state index contributed by atoms with van der Waals surface area (Å²) in [6.07, 6.45) is 6.20. The number of carbonyl (C=O) groups is 1. The first-order valence-electron chi connectivity index (χ1n) is 8.23. The minimum absolute atomic E-state index is 0.109. The molecule has 0 unspecified atom stereocenters. The van der Waals surface area contributed by atoms with E-state index in [1.54, 1.807) is 0 Å². The summed E-state index contributed by atoms with van der Waals surface area (Å²) >= 11 is 0. The van der Waals surface area contributed by atoms with Crippen molar-refractivity contribution in [2.24, 2.45) is 23.2 Å².